The molecule has 3 N–H and O–H groups in total. The molecule has 0 atom stereocenters. The first-order valence-electron chi connectivity index (χ1n) is 5.76. The summed E-state index contributed by atoms with van der Waals surface area (Å²) in [6.07, 6.45) is 0. The zero-order valence-electron chi connectivity index (χ0n) is 11.3. The Kier molecular flexibility index (Phi) is 4.44. The lowest BCUT2D eigenvalue weighted by Crippen LogP contribution is -2.49. The molecule has 0 saturated carbocycles. The standard InChI is InChI=1S/C13H15FN2O4/c1-7(17)15-10-6-8(4-5-9(10)14)11(18)16-13(2,3)12(19)20/h4-6H,1-3H3,(H,15,17)(H,16,18)(H,19,20). The largest absolute Gasteiger partial charge is 0.480 e. The highest BCUT2D eigenvalue weighted by Crippen LogP contribution is 2.17. The summed E-state index contributed by atoms with van der Waals surface area (Å²) in [5.74, 6) is -3.04. The number of hydrogen-bond acceptors (Lipinski definition) is 3. The predicted molar refractivity (Wildman–Crippen MR) is 69.9 cm³/mol. The van der Waals surface area contributed by atoms with Gasteiger partial charge in [0.05, 0.1) is 5.69 Å². The fraction of sp³-hybridized carbons (Fsp3) is 0.308. The summed E-state index contributed by atoms with van der Waals surface area (Å²) in [5, 5.41) is 13.5. The number of carbonyl (C=O) groups excluding carboxylic acids is 2. The normalized spacial score (nSPS) is 10.8. The van der Waals surface area contributed by atoms with Gasteiger partial charge in [-0.3, -0.25) is 9.59 Å². The van der Waals surface area contributed by atoms with Crippen molar-refractivity contribution < 1.29 is 23.9 Å². The van der Waals surface area contributed by atoms with Gasteiger partial charge in [-0.15, -0.1) is 0 Å². The number of halogens is 1. The van der Waals surface area contributed by atoms with E-state index >= 15 is 0 Å². The molecule has 1 aromatic rings. The van der Waals surface area contributed by atoms with E-state index in [1.54, 1.807) is 0 Å². The summed E-state index contributed by atoms with van der Waals surface area (Å²) in [4.78, 5) is 33.7. The molecule has 0 aliphatic rings. The molecule has 20 heavy (non-hydrogen) atoms. The molecular formula is C13H15FN2O4. The Morgan fingerprint density at radius 3 is 2.35 bits per heavy atom. The summed E-state index contributed by atoms with van der Waals surface area (Å²) in [6.45, 7) is 3.86. The van der Waals surface area contributed by atoms with Gasteiger partial charge in [-0.25, -0.2) is 9.18 Å². The number of rotatable bonds is 4. The van der Waals surface area contributed by atoms with Crippen molar-refractivity contribution in [2.24, 2.45) is 0 Å². The molecule has 0 spiro atoms. The van der Waals surface area contributed by atoms with Crippen LogP contribution in [0.2, 0.25) is 0 Å². The summed E-state index contributed by atoms with van der Waals surface area (Å²) in [5.41, 5.74) is -1.55. The lowest BCUT2D eigenvalue weighted by molar-refractivity contribution is -0.143. The van der Waals surface area contributed by atoms with E-state index in [1.807, 2.05) is 0 Å². The molecular weight excluding hydrogens is 267 g/mol. The van der Waals surface area contributed by atoms with Crippen molar-refractivity contribution in [3.05, 3.63) is 29.6 Å². The molecule has 0 saturated heterocycles. The Morgan fingerprint density at radius 1 is 1.25 bits per heavy atom. The van der Waals surface area contributed by atoms with Crippen LogP contribution in [0.5, 0.6) is 0 Å². The Hall–Kier alpha value is -2.44. The molecule has 0 aliphatic carbocycles. The predicted octanol–water partition coefficient (Wildman–Crippen LogP) is 1.38. The minimum Gasteiger partial charge on any atom is -0.480 e. The van der Waals surface area contributed by atoms with Crippen molar-refractivity contribution in [3.8, 4) is 0 Å². The minimum atomic E-state index is -1.46. The Balaban J connectivity index is 3.00. The monoisotopic (exact) mass is 282 g/mol. The van der Waals surface area contributed by atoms with Crippen molar-refractivity contribution in [1.82, 2.24) is 5.32 Å². The van der Waals surface area contributed by atoms with E-state index in [1.165, 1.54) is 26.8 Å². The zero-order chi connectivity index (χ0) is 15.5. The van der Waals surface area contributed by atoms with Crippen LogP contribution in [0.4, 0.5) is 10.1 Å². The second kappa shape index (κ2) is 5.68. The fourth-order valence-electron chi connectivity index (χ4n) is 1.36. The van der Waals surface area contributed by atoms with Gasteiger partial charge < -0.3 is 15.7 Å². The van der Waals surface area contributed by atoms with Crippen molar-refractivity contribution in [2.75, 3.05) is 5.32 Å². The second-order valence-corrected chi connectivity index (χ2v) is 4.76. The molecule has 0 radical (unpaired) electrons. The van der Waals surface area contributed by atoms with Crippen molar-refractivity contribution in [3.63, 3.8) is 0 Å². The van der Waals surface area contributed by atoms with E-state index in [0.29, 0.717) is 0 Å². The molecule has 7 heteroatoms. The lowest BCUT2D eigenvalue weighted by atomic mass is 10.0. The van der Waals surface area contributed by atoms with Crippen LogP contribution in [0.1, 0.15) is 31.1 Å². The van der Waals surface area contributed by atoms with Gasteiger partial charge >= 0.3 is 5.97 Å². The molecule has 6 nitrogen and oxygen atoms in total. The van der Waals surface area contributed by atoms with E-state index < -0.39 is 29.1 Å². The number of carboxylic acids is 1. The number of carboxylic acid groups (broad SMARTS) is 1. The van der Waals surface area contributed by atoms with Crippen LogP contribution in [-0.4, -0.2) is 28.4 Å². The molecule has 1 rings (SSSR count). The molecule has 0 aromatic heterocycles. The minimum absolute atomic E-state index is 0.0458. The summed E-state index contributed by atoms with van der Waals surface area (Å²) in [6, 6.07) is 3.37. The Labute approximate surface area is 115 Å². The third-order valence-corrected chi connectivity index (χ3v) is 2.50. The maximum atomic E-state index is 13.4. The topological polar surface area (TPSA) is 95.5 Å². The molecule has 0 aliphatic heterocycles. The van der Waals surface area contributed by atoms with Crippen molar-refractivity contribution in [1.29, 1.82) is 0 Å². The smallest absolute Gasteiger partial charge is 0.328 e. The molecule has 0 bridgehead atoms. The number of aliphatic carboxylic acids is 1. The number of benzene rings is 1. The molecule has 0 heterocycles. The highest BCUT2D eigenvalue weighted by Gasteiger charge is 2.29. The molecule has 0 fully saturated rings. The first kappa shape index (κ1) is 15.6. The third-order valence-electron chi connectivity index (χ3n) is 2.50. The quantitative estimate of drug-likeness (QED) is 0.777. The summed E-state index contributed by atoms with van der Waals surface area (Å²) < 4.78 is 13.4. The molecule has 108 valence electrons. The maximum Gasteiger partial charge on any atom is 0.328 e. The number of hydrogen-bond donors (Lipinski definition) is 3. The van der Waals surface area contributed by atoms with Gasteiger partial charge in [0.25, 0.3) is 5.91 Å². The molecule has 0 unspecified atom stereocenters. The number of carbonyl (C=O) groups is 3. The van der Waals surface area contributed by atoms with Crippen LogP contribution in [0.15, 0.2) is 18.2 Å². The first-order valence-corrected chi connectivity index (χ1v) is 5.76. The fourth-order valence-corrected chi connectivity index (χ4v) is 1.36. The van der Waals surface area contributed by atoms with Crippen LogP contribution in [-0.2, 0) is 9.59 Å². The van der Waals surface area contributed by atoms with Crippen LogP contribution < -0.4 is 10.6 Å². The average molecular weight is 282 g/mol. The van der Waals surface area contributed by atoms with Gasteiger partial charge in [0.2, 0.25) is 5.91 Å². The van der Waals surface area contributed by atoms with Crippen molar-refractivity contribution >= 4 is 23.5 Å². The van der Waals surface area contributed by atoms with Crippen LogP contribution in [0.25, 0.3) is 0 Å². The average Bonchev–Trinajstić information content (AvgIpc) is 2.30. The Morgan fingerprint density at radius 2 is 1.85 bits per heavy atom. The first-order chi connectivity index (χ1) is 9.13. The van der Waals surface area contributed by atoms with Gasteiger partial charge in [-0.1, -0.05) is 0 Å². The van der Waals surface area contributed by atoms with Gasteiger partial charge in [-0.05, 0) is 32.0 Å². The molecule has 2 amide bonds. The summed E-state index contributed by atoms with van der Waals surface area (Å²) >= 11 is 0. The van der Waals surface area contributed by atoms with Crippen LogP contribution >= 0.6 is 0 Å². The highest BCUT2D eigenvalue weighted by molar-refractivity contribution is 5.99. The Bertz CT molecular complexity index is 569. The van der Waals surface area contributed by atoms with E-state index in [4.69, 9.17) is 5.11 Å². The van der Waals surface area contributed by atoms with Gasteiger partial charge in [0.1, 0.15) is 11.4 Å². The summed E-state index contributed by atoms with van der Waals surface area (Å²) in [7, 11) is 0. The van der Waals surface area contributed by atoms with Gasteiger partial charge in [-0.2, -0.15) is 0 Å². The van der Waals surface area contributed by atoms with E-state index in [0.717, 1.165) is 12.1 Å². The molecule has 1 aromatic carbocycles. The van der Waals surface area contributed by atoms with E-state index in [-0.39, 0.29) is 11.3 Å². The van der Waals surface area contributed by atoms with E-state index in [9.17, 15) is 18.8 Å². The lowest BCUT2D eigenvalue weighted by Gasteiger charge is -2.21. The number of anilines is 1. The third kappa shape index (κ3) is 3.78. The van der Waals surface area contributed by atoms with E-state index in [2.05, 4.69) is 10.6 Å². The van der Waals surface area contributed by atoms with Gasteiger partial charge in [0.15, 0.2) is 0 Å². The second-order valence-electron chi connectivity index (χ2n) is 4.76. The SMILES string of the molecule is CC(=O)Nc1cc(C(=O)NC(C)(C)C(=O)O)ccc1F. The number of nitrogens with one attached hydrogen (secondary N) is 2. The maximum absolute atomic E-state index is 13.4. The van der Waals surface area contributed by atoms with Gasteiger partial charge in [0, 0.05) is 12.5 Å². The number of amides is 2. The zero-order valence-corrected chi connectivity index (χ0v) is 11.3. The van der Waals surface area contributed by atoms with Crippen LogP contribution in [0.3, 0.4) is 0 Å². The van der Waals surface area contributed by atoms with Crippen LogP contribution in [0, 0.1) is 5.82 Å². The highest BCUT2D eigenvalue weighted by atomic mass is 19.1. The van der Waals surface area contributed by atoms with Crippen molar-refractivity contribution in [2.45, 2.75) is 26.3 Å².